The topological polar surface area (TPSA) is 40.8 Å². The molecule has 1 aliphatic carbocycles. The summed E-state index contributed by atoms with van der Waals surface area (Å²) in [5.41, 5.74) is 9.22. The molecule has 0 saturated heterocycles. The van der Waals surface area contributed by atoms with E-state index >= 15 is 0 Å². The fourth-order valence-corrected chi connectivity index (χ4v) is 6.45. The molecule has 4 aromatic carbocycles. The van der Waals surface area contributed by atoms with E-state index in [0.29, 0.717) is 11.5 Å². The highest BCUT2D eigenvalue weighted by Crippen LogP contribution is 2.43. The van der Waals surface area contributed by atoms with Gasteiger partial charge in [0.1, 0.15) is 18.2 Å². The van der Waals surface area contributed by atoms with Crippen molar-refractivity contribution in [1.29, 1.82) is 5.26 Å². The van der Waals surface area contributed by atoms with Gasteiger partial charge < -0.3 is 4.42 Å². The van der Waals surface area contributed by atoms with Gasteiger partial charge in [0, 0.05) is 22.4 Å². The molecule has 0 N–H and O–H groups in total. The fraction of sp³-hybridized carbons (Fsp3) is 0.200. The van der Waals surface area contributed by atoms with Crippen LogP contribution >= 0.6 is 0 Å². The van der Waals surface area contributed by atoms with Crippen molar-refractivity contribution in [2.24, 2.45) is 7.05 Å². The van der Waals surface area contributed by atoms with E-state index in [0.717, 1.165) is 44.3 Å². The number of aryl methyl sites for hydroxylation is 2. The molecule has 6 aromatic rings. The molecular weight excluding hydrogens is 464 g/mol. The van der Waals surface area contributed by atoms with Gasteiger partial charge in [-0.2, -0.15) is 5.26 Å². The highest BCUT2D eigenvalue weighted by atomic mass is 16.3. The van der Waals surface area contributed by atoms with Crippen molar-refractivity contribution in [3.63, 3.8) is 0 Å². The molecule has 1 fully saturated rings. The van der Waals surface area contributed by atoms with E-state index in [9.17, 15) is 5.26 Å². The normalized spacial score (nSPS) is 14.0. The summed E-state index contributed by atoms with van der Waals surface area (Å²) in [4.78, 5) is 0. The van der Waals surface area contributed by atoms with Crippen LogP contribution in [0.15, 0.2) is 89.5 Å². The van der Waals surface area contributed by atoms with E-state index in [1.807, 2.05) is 30.3 Å². The quantitative estimate of drug-likeness (QED) is 0.231. The molecule has 0 atom stereocenters. The molecule has 0 spiro atoms. The summed E-state index contributed by atoms with van der Waals surface area (Å²) in [6.45, 7) is 2.16. The van der Waals surface area contributed by atoms with Crippen molar-refractivity contribution in [1.82, 2.24) is 0 Å². The minimum absolute atomic E-state index is 0.635. The molecule has 0 bridgehead atoms. The predicted octanol–water partition coefficient (Wildman–Crippen LogP) is 8.74. The average molecular weight is 494 g/mol. The van der Waals surface area contributed by atoms with Crippen molar-refractivity contribution >= 4 is 32.7 Å². The fourth-order valence-electron chi connectivity index (χ4n) is 6.45. The first-order valence-electron chi connectivity index (χ1n) is 13.5. The van der Waals surface area contributed by atoms with Gasteiger partial charge in [0.15, 0.2) is 6.20 Å². The Morgan fingerprint density at radius 1 is 0.842 bits per heavy atom. The predicted molar refractivity (Wildman–Crippen MR) is 154 cm³/mol. The van der Waals surface area contributed by atoms with Crippen LogP contribution in [0.1, 0.15) is 48.3 Å². The van der Waals surface area contributed by atoms with Gasteiger partial charge >= 0.3 is 0 Å². The number of aromatic nitrogens is 1. The highest BCUT2D eigenvalue weighted by Gasteiger charge is 2.25. The molecule has 0 radical (unpaired) electrons. The first-order chi connectivity index (χ1) is 18.6. The van der Waals surface area contributed by atoms with Crippen LogP contribution in [0.3, 0.4) is 0 Å². The zero-order valence-corrected chi connectivity index (χ0v) is 21.8. The largest absolute Gasteiger partial charge is 0.454 e. The maximum absolute atomic E-state index is 9.83. The second kappa shape index (κ2) is 8.85. The zero-order valence-electron chi connectivity index (χ0n) is 21.8. The van der Waals surface area contributed by atoms with Gasteiger partial charge in [0.25, 0.3) is 0 Å². The molecule has 2 aromatic heterocycles. The molecule has 2 heterocycles. The smallest absolute Gasteiger partial charge is 0.224 e. The summed E-state index contributed by atoms with van der Waals surface area (Å²) < 4.78 is 9.00. The molecule has 0 amide bonds. The maximum atomic E-state index is 9.83. The Labute approximate surface area is 222 Å². The first-order valence-corrected chi connectivity index (χ1v) is 13.5. The van der Waals surface area contributed by atoms with E-state index < -0.39 is 0 Å². The van der Waals surface area contributed by atoms with Crippen LogP contribution in [-0.2, 0) is 7.05 Å². The van der Waals surface area contributed by atoms with Gasteiger partial charge in [-0.15, -0.1) is 0 Å². The van der Waals surface area contributed by atoms with E-state index in [2.05, 4.69) is 79.3 Å². The number of hydrogen-bond acceptors (Lipinski definition) is 2. The highest BCUT2D eigenvalue weighted by molar-refractivity contribution is 6.15. The van der Waals surface area contributed by atoms with E-state index in [1.54, 1.807) is 0 Å². The molecule has 184 valence electrons. The van der Waals surface area contributed by atoms with Crippen molar-refractivity contribution in [3.8, 4) is 28.5 Å². The van der Waals surface area contributed by atoms with Gasteiger partial charge in [-0.25, -0.2) is 4.57 Å². The van der Waals surface area contributed by atoms with E-state index in [4.69, 9.17) is 4.42 Å². The van der Waals surface area contributed by atoms with Gasteiger partial charge in [0.2, 0.25) is 5.69 Å². The standard InChI is InChI=1S/C35H29N2O/c1-22-12-14-29-31-19-23(21-36)18-30(25-10-4-3-5-11-25)34(31)38-35(29)32(22)33-28-15-13-26(24-8-6-7-9-24)20-27(28)16-17-37(33)2/h3-5,10-20,24H,6-9H2,1-2H3/q+1. The summed E-state index contributed by atoms with van der Waals surface area (Å²) in [6, 6.07) is 30.0. The Balaban J connectivity index is 1.53. The molecule has 3 heteroatoms. The lowest BCUT2D eigenvalue weighted by Crippen LogP contribution is -2.30. The Morgan fingerprint density at radius 3 is 2.42 bits per heavy atom. The van der Waals surface area contributed by atoms with Crippen molar-refractivity contribution in [2.75, 3.05) is 0 Å². The number of nitriles is 1. The average Bonchev–Trinajstić information content (AvgIpc) is 3.62. The molecule has 0 unspecified atom stereocenters. The van der Waals surface area contributed by atoms with Crippen LogP contribution in [0, 0.1) is 18.3 Å². The van der Waals surface area contributed by atoms with Crippen molar-refractivity contribution in [2.45, 2.75) is 38.5 Å². The third kappa shape index (κ3) is 3.52. The van der Waals surface area contributed by atoms with Crippen LogP contribution in [0.25, 0.3) is 55.1 Å². The van der Waals surface area contributed by atoms with Crippen LogP contribution < -0.4 is 4.57 Å². The van der Waals surface area contributed by atoms with Gasteiger partial charge in [-0.1, -0.05) is 67.4 Å². The lowest BCUT2D eigenvalue weighted by atomic mass is 9.92. The van der Waals surface area contributed by atoms with Crippen LogP contribution in [0.2, 0.25) is 0 Å². The van der Waals surface area contributed by atoms with Gasteiger partial charge in [-0.05, 0) is 66.0 Å². The summed E-state index contributed by atoms with van der Waals surface area (Å²) in [7, 11) is 2.11. The lowest BCUT2D eigenvalue weighted by molar-refractivity contribution is -0.659. The summed E-state index contributed by atoms with van der Waals surface area (Å²) in [6.07, 6.45) is 7.43. The molecule has 1 saturated carbocycles. The Morgan fingerprint density at radius 2 is 1.63 bits per heavy atom. The van der Waals surface area contributed by atoms with E-state index in [-0.39, 0.29) is 0 Å². The molecular formula is C35H29N2O+. The number of benzene rings is 4. The maximum Gasteiger partial charge on any atom is 0.224 e. The van der Waals surface area contributed by atoms with Crippen LogP contribution in [0.4, 0.5) is 0 Å². The number of rotatable bonds is 3. The summed E-state index contributed by atoms with van der Waals surface area (Å²) in [5, 5.41) is 14.3. The first kappa shape index (κ1) is 22.8. The van der Waals surface area contributed by atoms with Crippen LogP contribution in [-0.4, -0.2) is 0 Å². The number of pyridine rings is 1. The third-order valence-electron chi connectivity index (χ3n) is 8.39. The SMILES string of the molecule is Cc1ccc2c(oc3c(-c4ccccc4)cc(C#N)cc32)c1-c1c2ccc(C3CCCC3)cc2cc[n+]1C. The monoisotopic (exact) mass is 493 g/mol. The minimum atomic E-state index is 0.635. The van der Waals surface area contributed by atoms with Crippen molar-refractivity contribution < 1.29 is 8.98 Å². The Kier molecular flexibility index (Phi) is 5.30. The van der Waals surface area contributed by atoms with Crippen LogP contribution in [0.5, 0.6) is 0 Å². The molecule has 0 aliphatic heterocycles. The second-order valence-electron chi connectivity index (χ2n) is 10.7. The Hall–Kier alpha value is -4.42. The zero-order chi connectivity index (χ0) is 25.8. The number of hydrogen-bond donors (Lipinski definition) is 0. The molecule has 7 rings (SSSR count). The summed E-state index contributed by atoms with van der Waals surface area (Å²) >= 11 is 0. The lowest BCUT2D eigenvalue weighted by Gasteiger charge is -2.12. The minimum Gasteiger partial charge on any atom is -0.454 e. The number of fused-ring (bicyclic) bond motifs is 4. The number of nitrogens with zero attached hydrogens (tertiary/aromatic N) is 2. The van der Waals surface area contributed by atoms with Crippen molar-refractivity contribution in [3.05, 3.63) is 102 Å². The second-order valence-corrected chi connectivity index (χ2v) is 10.7. The third-order valence-corrected chi connectivity index (χ3v) is 8.39. The van der Waals surface area contributed by atoms with Gasteiger partial charge in [-0.3, -0.25) is 0 Å². The number of furan rings is 1. The molecule has 1 aliphatic rings. The van der Waals surface area contributed by atoms with E-state index in [1.165, 1.54) is 47.6 Å². The summed E-state index contributed by atoms with van der Waals surface area (Å²) in [5.74, 6) is 0.683. The molecule has 3 nitrogen and oxygen atoms in total. The Bertz CT molecular complexity index is 1900. The molecule has 38 heavy (non-hydrogen) atoms. The van der Waals surface area contributed by atoms with Gasteiger partial charge in [0.05, 0.1) is 22.6 Å².